The number of nitrogens with two attached hydrogens (primary N) is 1. The van der Waals surface area contributed by atoms with Gasteiger partial charge in [0.15, 0.2) is 0 Å². The average Bonchev–Trinajstić information content (AvgIpc) is 2.96. The molecule has 0 aliphatic carbocycles. The number of primary amides is 1. The van der Waals surface area contributed by atoms with Crippen LogP contribution < -0.4 is 32.3 Å². The molecule has 0 radical (unpaired) electrons. The van der Waals surface area contributed by atoms with Gasteiger partial charge in [-0.15, -0.1) is 0 Å². The first-order valence-corrected chi connectivity index (χ1v) is 14.5. The largest absolute Gasteiger partial charge is 0.370 e. The monoisotopic (exact) mass is 582 g/mol. The Labute approximate surface area is 243 Å². The van der Waals surface area contributed by atoms with Gasteiger partial charge in [0.2, 0.25) is 35.4 Å². The highest BCUT2D eigenvalue weighted by atomic mass is 16.2. The average molecular weight is 583 g/mol. The lowest BCUT2D eigenvalue weighted by Crippen LogP contribution is -2.61. The van der Waals surface area contributed by atoms with Crippen LogP contribution in [0.3, 0.4) is 0 Å². The predicted molar refractivity (Wildman–Crippen MR) is 154 cm³/mol. The molecule has 0 aromatic carbocycles. The summed E-state index contributed by atoms with van der Waals surface area (Å²) in [5.41, 5.74) is 5.26. The number of carbonyl (C=O) groups excluding carboxylic acids is 6. The Hall–Kier alpha value is -3.26. The fourth-order valence-corrected chi connectivity index (χ4v) is 4.54. The molecule has 1 rings (SSSR count). The fourth-order valence-electron chi connectivity index (χ4n) is 4.54. The molecule has 1 aliphatic rings. The van der Waals surface area contributed by atoms with Gasteiger partial charge in [0.05, 0.1) is 0 Å². The lowest BCUT2D eigenvalue weighted by Gasteiger charge is -2.30. The molecule has 14 nitrogen and oxygen atoms in total. The van der Waals surface area contributed by atoms with E-state index in [1.54, 1.807) is 21.1 Å². The molecule has 41 heavy (non-hydrogen) atoms. The van der Waals surface area contributed by atoms with Crippen LogP contribution in [-0.2, 0) is 28.8 Å². The number of hydrogen-bond donors (Lipinski definition) is 6. The Morgan fingerprint density at radius 2 is 0.951 bits per heavy atom. The van der Waals surface area contributed by atoms with Crippen molar-refractivity contribution in [2.75, 3.05) is 60.4 Å². The van der Waals surface area contributed by atoms with Gasteiger partial charge in [0, 0.05) is 73.0 Å². The summed E-state index contributed by atoms with van der Waals surface area (Å²) in [7, 11) is 4.75. The van der Waals surface area contributed by atoms with Crippen molar-refractivity contribution in [2.45, 2.75) is 76.3 Å². The minimum absolute atomic E-state index is 0.0625. The fraction of sp³-hybridized carbons (Fsp3) is 0.778. The number of unbranched alkanes of at least 4 members (excludes halogenated alkanes) is 2. The third-order valence-corrected chi connectivity index (χ3v) is 7.18. The van der Waals surface area contributed by atoms with Crippen molar-refractivity contribution in [3.8, 4) is 0 Å². The number of hydrogen-bond acceptors (Lipinski definition) is 8. The SMILES string of the molecule is CNC(=O)CCN(CCCCC1NC(=O)C(CCCCN(CCC(=O)NC)CCC(=O)NC)NC1=O)CCC(N)=O. The zero-order chi connectivity index (χ0) is 30.6. The van der Waals surface area contributed by atoms with E-state index in [2.05, 4.69) is 31.5 Å². The summed E-state index contributed by atoms with van der Waals surface area (Å²) in [4.78, 5) is 75.4. The van der Waals surface area contributed by atoms with E-state index in [0.717, 1.165) is 12.8 Å². The number of piperazine rings is 1. The molecule has 7 N–H and O–H groups in total. The van der Waals surface area contributed by atoms with Gasteiger partial charge in [0.25, 0.3) is 0 Å². The van der Waals surface area contributed by atoms with Gasteiger partial charge >= 0.3 is 0 Å². The summed E-state index contributed by atoms with van der Waals surface area (Å²) in [6, 6.07) is -1.17. The van der Waals surface area contributed by atoms with E-state index >= 15 is 0 Å². The zero-order valence-electron chi connectivity index (χ0n) is 24.9. The highest BCUT2D eigenvalue weighted by molar-refractivity contribution is 5.96. The van der Waals surface area contributed by atoms with Crippen molar-refractivity contribution in [1.29, 1.82) is 0 Å². The molecule has 0 aromatic rings. The van der Waals surface area contributed by atoms with Gasteiger partial charge < -0.3 is 42.1 Å². The highest BCUT2D eigenvalue weighted by Crippen LogP contribution is 2.12. The van der Waals surface area contributed by atoms with E-state index in [1.807, 2.05) is 4.90 Å². The van der Waals surface area contributed by atoms with E-state index in [-0.39, 0.29) is 36.0 Å². The molecule has 1 saturated heterocycles. The van der Waals surface area contributed by atoms with E-state index in [9.17, 15) is 28.8 Å². The van der Waals surface area contributed by atoms with Gasteiger partial charge in [-0.3, -0.25) is 28.8 Å². The molecule has 0 bridgehead atoms. The number of nitrogens with one attached hydrogen (secondary N) is 5. The zero-order valence-corrected chi connectivity index (χ0v) is 24.9. The maximum Gasteiger partial charge on any atom is 0.243 e. The van der Waals surface area contributed by atoms with E-state index in [1.165, 1.54) is 0 Å². The van der Waals surface area contributed by atoms with Crippen LogP contribution in [0.25, 0.3) is 0 Å². The van der Waals surface area contributed by atoms with Crippen LogP contribution in [0.1, 0.15) is 64.2 Å². The lowest BCUT2D eigenvalue weighted by atomic mass is 10.0. The molecular formula is C27H50N8O6. The number of nitrogens with zero attached hydrogens (tertiary/aromatic N) is 2. The first kappa shape index (κ1) is 35.8. The molecule has 2 unspecified atom stereocenters. The predicted octanol–water partition coefficient (Wildman–Crippen LogP) is -1.80. The van der Waals surface area contributed by atoms with Crippen LogP contribution in [0, 0.1) is 0 Å². The summed E-state index contributed by atoms with van der Waals surface area (Å²) in [5, 5.41) is 13.5. The molecular weight excluding hydrogens is 532 g/mol. The van der Waals surface area contributed by atoms with Crippen molar-refractivity contribution >= 4 is 35.4 Å². The van der Waals surface area contributed by atoms with Crippen LogP contribution in [0.15, 0.2) is 0 Å². The second kappa shape index (κ2) is 20.6. The van der Waals surface area contributed by atoms with E-state index in [4.69, 9.17) is 5.73 Å². The number of amides is 6. The van der Waals surface area contributed by atoms with Crippen molar-refractivity contribution in [1.82, 2.24) is 36.4 Å². The highest BCUT2D eigenvalue weighted by Gasteiger charge is 2.32. The van der Waals surface area contributed by atoms with Crippen molar-refractivity contribution in [2.24, 2.45) is 5.73 Å². The van der Waals surface area contributed by atoms with Crippen LogP contribution in [0.2, 0.25) is 0 Å². The van der Waals surface area contributed by atoms with Crippen LogP contribution >= 0.6 is 0 Å². The normalized spacial score (nSPS) is 16.7. The first-order chi connectivity index (χ1) is 19.6. The number of carbonyl (C=O) groups is 6. The van der Waals surface area contributed by atoms with Crippen LogP contribution in [0.4, 0.5) is 0 Å². The maximum absolute atomic E-state index is 12.7. The second-order valence-electron chi connectivity index (χ2n) is 10.3. The second-order valence-corrected chi connectivity index (χ2v) is 10.3. The molecule has 0 saturated carbocycles. The molecule has 2 atom stereocenters. The van der Waals surface area contributed by atoms with Gasteiger partial charge in [0.1, 0.15) is 12.1 Å². The third kappa shape index (κ3) is 15.9. The third-order valence-electron chi connectivity index (χ3n) is 7.18. The maximum atomic E-state index is 12.7. The van der Waals surface area contributed by atoms with Gasteiger partial charge in [-0.25, -0.2) is 0 Å². The van der Waals surface area contributed by atoms with Gasteiger partial charge in [-0.2, -0.15) is 0 Å². The topological polar surface area (TPSA) is 195 Å². The van der Waals surface area contributed by atoms with Gasteiger partial charge in [-0.1, -0.05) is 0 Å². The van der Waals surface area contributed by atoms with E-state index < -0.39 is 18.0 Å². The Kier molecular flexibility index (Phi) is 18.0. The first-order valence-electron chi connectivity index (χ1n) is 14.5. The molecule has 1 fully saturated rings. The summed E-state index contributed by atoms with van der Waals surface area (Å²) in [6.07, 6.45) is 5.11. The molecule has 1 heterocycles. The van der Waals surface area contributed by atoms with Crippen molar-refractivity contribution < 1.29 is 28.8 Å². The van der Waals surface area contributed by atoms with Crippen molar-refractivity contribution in [3.63, 3.8) is 0 Å². The van der Waals surface area contributed by atoms with Crippen LogP contribution in [-0.4, -0.2) is 118 Å². The molecule has 1 aliphatic heterocycles. The molecule has 0 aromatic heterocycles. The summed E-state index contributed by atoms with van der Waals surface area (Å²) in [5.74, 6) is -0.994. The lowest BCUT2D eigenvalue weighted by molar-refractivity contribution is -0.137. The van der Waals surface area contributed by atoms with E-state index in [0.29, 0.717) is 84.2 Å². The smallest absolute Gasteiger partial charge is 0.243 e. The standard InChI is InChI=1S/C27H50N8O6/c1-29-23(37)11-17-34(16-10-22(28)36)14-6-4-8-20-26(40)33-21(27(41)32-20)9-5-7-15-35(18-12-24(38)30-2)19-13-25(39)31-3/h20-21H,4-19H2,1-3H3,(H2,28,36)(H,29,37)(H,30,38)(H,31,39)(H,32,41)(H,33,40). The Bertz CT molecular complexity index is 851. The van der Waals surface area contributed by atoms with Gasteiger partial charge in [-0.05, 0) is 51.6 Å². The summed E-state index contributed by atoms with van der Waals surface area (Å²) in [6.45, 7) is 3.38. The summed E-state index contributed by atoms with van der Waals surface area (Å²) < 4.78 is 0. The Morgan fingerprint density at radius 1 is 0.610 bits per heavy atom. The number of rotatable bonds is 22. The summed E-state index contributed by atoms with van der Waals surface area (Å²) >= 11 is 0. The molecule has 14 heteroatoms. The molecule has 6 amide bonds. The van der Waals surface area contributed by atoms with Crippen LogP contribution in [0.5, 0.6) is 0 Å². The minimum Gasteiger partial charge on any atom is -0.370 e. The van der Waals surface area contributed by atoms with Crippen molar-refractivity contribution in [3.05, 3.63) is 0 Å². The molecule has 0 spiro atoms. The minimum atomic E-state index is -0.589. The Balaban J connectivity index is 2.41. The quantitative estimate of drug-likeness (QED) is 0.0804. The molecule has 234 valence electrons. The Morgan fingerprint density at radius 3 is 1.27 bits per heavy atom.